The molecule has 0 saturated carbocycles. The molecule has 0 bridgehead atoms. The smallest absolute Gasteiger partial charge is 0.228 e. The van der Waals surface area contributed by atoms with Crippen molar-refractivity contribution in [3.05, 3.63) is 39.5 Å². The molecule has 0 aliphatic heterocycles. The first-order valence-corrected chi connectivity index (χ1v) is 6.70. The number of benzene rings is 1. The van der Waals surface area contributed by atoms with Gasteiger partial charge in [-0.1, -0.05) is 16.8 Å². The van der Waals surface area contributed by atoms with Crippen molar-refractivity contribution in [3.63, 3.8) is 0 Å². The average molecular weight is 313 g/mol. The van der Waals surface area contributed by atoms with Crippen LogP contribution in [0, 0.1) is 17.5 Å². The van der Waals surface area contributed by atoms with Gasteiger partial charge >= 0.3 is 0 Å². The first-order valence-electron chi connectivity index (χ1n) is 5.91. The fourth-order valence-corrected chi connectivity index (χ4v) is 2.48. The molecule has 0 spiro atoms. The number of nitrogens with zero attached hydrogens (tertiary/aromatic N) is 3. The van der Waals surface area contributed by atoms with Gasteiger partial charge in [0.1, 0.15) is 5.82 Å². The maximum atomic E-state index is 13.4. The van der Waals surface area contributed by atoms with Crippen molar-refractivity contribution in [2.75, 3.05) is 0 Å². The number of hydrogen-bond donors (Lipinski definition) is 1. The third-order valence-corrected chi connectivity index (χ3v) is 3.55. The number of nitrogens with one attached hydrogen (secondary N) is 1. The zero-order chi connectivity index (χ0) is 14.3. The highest BCUT2D eigenvalue weighted by molar-refractivity contribution is 7.71. The summed E-state index contributed by atoms with van der Waals surface area (Å²) in [4.78, 5) is 7.08. The van der Waals surface area contributed by atoms with Crippen LogP contribution in [0.4, 0.5) is 4.39 Å². The minimum absolute atomic E-state index is 0.0638. The Balaban J connectivity index is 1.96. The topological polar surface area (TPSA) is 59.6 Å². The lowest BCUT2D eigenvalue weighted by Gasteiger charge is -2.02. The second kappa shape index (κ2) is 4.99. The zero-order valence-corrected chi connectivity index (χ0v) is 12.1. The Bertz CT molecular complexity index is 838. The number of hydrogen-bond acceptors (Lipinski definition) is 4. The molecule has 20 heavy (non-hydrogen) atoms. The molecule has 3 rings (SSSR count). The van der Waals surface area contributed by atoms with Gasteiger partial charge in [0.25, 0.3) is 0 Å². The molecule has 2 aromatic heterocycles. The van der Waals surface area contributed by atoms with Crippen molar-refractivity contribution < 1.29 is 8.91 Å². The Hall–Kier alpha value is -1.73. The molecule has 8 heteroatoms. The number of aromatic nitrogens is 4. The monoisotopic (exact) mass is 312 g/mol. The molecule has 1 aromatic carbocycles. The van der Waals surface area contributed by atoms with Gasteiger partial charge in [0.2, 0.25) is 5.89 Å². The quantitative estimate of drug-likeness (QED) is 0.753. The SMILES string of the molecule is Cc1noc(CCn2c(=S)[nH]c3cc(F)c(Cl)cc32)n1. The van der Waals surface area contributed by atoms with Crippen LogP contribution in [0.2, 0.25) is 5.02 Å². The predicted octanol–water partition coefficient (Wildman–Crippen LogP) is 3.43. The van der Waals surface area contributed by atoms with Crippen LogP contribution < -0.4 is 0 Å². The van der Waals surface area contributed by atoms with E-state index in [1.807, 2.05) is 4.57 Å². The van der Waals surface area contributed by atoms with E-state index >= 15 is 0 Å². The molecule has 0 aliphatic rings. The van der Waals surface area contributed by atoms with E-state index in [0.717, 1.165) is 5.52 Å². The van der Waals surface area contributed by atoms with Gasteiger partial charge in [-0.2, -0.15) is 4.98 Å². The van der Waals surface area contributed by atoms with E-state index in [9.17, 15) is 4.39 Å². The number of halogens is 2. The summed E-state index contributed by atoms with van der Waals surface area (Å²) in [5.41, 5.74) is 1.36. The van der Waals surface area contributed by atoms with Crippen molar-refractivity contribution in [1.82, 2.24) is 19.7 Å². The van der Waals surface area contributed by atoms with Gasteiger partial charge in [-0.15, -0.1) is 0 Å². The summed E-state index contributed by atoms with van der Waals surface area (Å²) in [7, 11) is 0. The first kappa shape index (κ1) is 13.3. The normalized spacial score (nSPS) is 11.3. The lowest BCUT2D eigenvalue weighted by Crippen LogP contribution is -2.01. The van der Waals surface area contributed by atoms with Crippen LogP contribution in [0.5, 0.6) is 0 Å². The van der Waals surface area contributed by atoms with Gasteiger partial charge in [0, 0.05) is 19.0 Å². The number of imidazole rings is 1. The van der Waals surface area contributed by atoms with Gasteiger partial charge in [-0.05, 0) is 25.2 Å². The number of H-pyrrole nitrogens is 1. The molecular weight excluding hydrogens is 303 g/mol. The highest BCUT2D eigenvalue weighted by Crippen LogP contribution is 2.23. The van der Waals surface area contributed by atoms with E-state index in [2.05, 4.69) is 15.1 Å². The maximum absolute atomic E-state index is 13.4. The van der Waals surface area contributed by atoms with Crippen molar-refractivity contribution in [2.45, 2.75) is 19.9 Å². The van der Waals surface area contributed by atoms with Crippen LogP contribution >= 0.6 is 23.8 Å². The standard InChI is InChI=1S/C12H10ClFN4OS/c1-6-15-11(19-17-6)2-3-18-10-4-7(13)8(14)5-9(10)16-12(18)20/h4-5H,2-3H2,1H3,(H,16,20). The zero-order valence-electron chi connectivity index (χ0n) is 10.5. The average Bonchev–Trinajstić information content (AvgIpc) is 2.92. The lowest BCUT2D eigenvalue weighted by atomic mass is 10.3. The van der Waals surface area contributed by atoms with E-state index in [4.69, 9.17) is 28.3 Å². The van der Waals surface area contributed by atoms with Crippen LogP contribution in [0.25, 0.3) is 11.0 Å². The van der Waals surface area contributed by atoms with E-state index in [1.54, 1.807) is 13.0 Å². The molecule has 0 amide bonds. The van der Waals surface area contributed by atoms with Gasteiger partial charge < -0.3 is 14.1 Å². The summed E-state index contributed by atoms with van der Waals surface area (Å²) in [5, 5.41) is 3.79. The van der Waals surface area contributed by atoms with Crippen LogP contribution in [0.15, 0.2) is 16.7 Å². The number of aryl methyl sites for hydroxylation is 3. The molecule has 104 valence electrons. The van der Waals surface area contributed by atoms with E-state index < -0.39 is 5.82 Å². The molecule has 0 atom stereocenters. The van der Waals surface area contributed by atoms with E-state index in [1.165, 1.54) is 6.07 Å². The van der Waals surface area contributed by atoms with Crippen LogP contribution in [-0.4, -0.2) is 19.7 Å². The Morgan fingerprint density at radius 2 is 2.30 bits per heavy atom. The molecular formula is C12H10ClFN4OS. The minimum atomic E-state index is -0.477. The summed E-state index contributed by atoms with van der Waals surface area (Å²) in [5.74, 6) is 0.648. The summed E-state index contributed by atoms with van der Waals surface area (Å²) >= 11 is 11.0. The van der Waals surface area contributed by atoms with E-state index in [0.29, 0.717) is 35.0 Å². The van der Waals surface area contributed by atoms with Crippen LogP contribution in [0.3, 0.4) is 0 Å². The van der Waals surface area contributed by atoms with Crippen molar-refractivity contribution in [1.29, 1.82) is 0 Å². The summed E-state index contributed by atoms with van der Waals surface area (Å²) in [6.45, 7) is 2.30. The summed E-state index contributed by atoms with van der Waals surface area (Å²) in [6.07, 6.45) is 0.539. The third kappa shape index (κ3) is 2.34. The van der Waals surface area contributed by atoms with Crippen molar-refractivity contribution in [2.24, 2.45) is 0 Å². The van der Waals surface area contributed by atoms with E-state index in [-0.39, 0.29) is 5.02 Å². The predicted molar refractivity (Wildman–Crippen MR) is 74.8 cm³/mol. The van der Waals surface area contributed by atoms with Crippen LogP contribution in [-0.2, 0) is 13.0 Å². The Morgan fingerprint density at radius 3 is 3.00 bits per heavy atom. The first-order chi connectivity index (χ1) is 9.54. The Labute approximate surface area is 123 Å². The molecule has 0 radical (unpaired) electrons. The number of aromatic amines is 1. The molecule has 0 fully saturated rings. The molecule has 0 aliphatic carbocycles. The molecule has 0 saturated heterocycles. The van der Waals surface area contributed by atoms with Gasteiger partial charge in [0.05, 0.1) is 16.1 Å². The largest absolute Gasteiger partial charge is 0.339 e. The summed E-state index contributed by atoms with van der Waals surface area (Å²) in [6, 6.07) is 2.89. The highest BCUT2D eigenvalue weighted by Gasteiger charge is 2.10. The second-order valence-electron chi connectivity index (χ2n) is 4.35. The minimum Gasteiger partial charge on any atom is -0.339 e. The lowest BCUT2D eigenvalue weighted by molar-refractivity contribution is 0.369. The molecule has 0 unspecified atom stereocenters. The van der Waals surface area contributed by atoms with Gasteiger partial charge in [-0.3, -0.25) is 0 Å². The van der Waals surface area contributed by atoms with Crippen molar-refractivity contribution >= 4 is 34.9 Å². The number of rotatable bonds is 3. The van der Waals surface area contributed by atoms with Gasteiger partial charge in [0.15, 0.2) is 10.6 Å². The third-order valence-electron chi connectivity index (χ3n) is 2.94. The molecule has 2 heterocycles. The molecule has 3 aromatic rings. The summed E-state index contributed by atoms with van der Waals surface area (Å²) < 4.78 is 20.8. The number of fused-ring (bicyclic) bond motifs is 1. The van der Waals surface area contributed by atoms with Crippen molar-refractivity contribution in [3.8, 4) is 0 Å². The fraction of sp³-hybridized carbons (Fsp3) is 0.250. The molecule has 1 N–H and O–H groups in total. The maximum Gasteiger partial charge on any atom is 0.228 e. The fourth-order valence-electron chi connectivity index (χ4n) is 2.02. The highest BCUT2D eigenvalue weighted by atomic mass is 35.5. The Morgan fingerprint density at radius 1 is 1.50 bits per heavy atom. The second-order valence-corrected chi connectivity index (χ2v) is 5.14. The Kier molecular flexibility index (Phi) is 3.31. The van der Waals surface area contributed by atoms with Crippen LogP contribution in [0.1, 0.15) is 11.7 Å². The molecule has 5 nitrogen and oxygen atoms in total. The van der Waals surface area contributed by atoms with Gasteiger partial charge in [-0.25, -0.2) is 4.39 Å².